The minimum atomic E-state index is -0.166. The molecule has 0 fully saturated rings. The van der Waals surface area contributed by atoms with Crippen LogP contribution in [0.4, 0.5) is 0 Å². The van der Waals surface area contributed by atoms with E-state index in [0.717, 1.165) is 22.3 Å². The molecule has 3 aromatic carbocycles. The van der Waals surface area contributed by atoms with E-state index in [9.17, 15) is 5.11 Å². The maximum atomic E-state index is 10.2. The molecule has 1 N–H and O–H groups in total. The predicted molar refractivity (Wildman–Crippen MR) is 91.0 cm³/mol. The highest BCUT2D eigenvalue weighted by Gasteiger charge is 2.26. The third-order valence-electron chi connectivity index (χ3n) is 4.14. The van der Waals surface area contributed by atoms with Gasteiger partial charge in [0.05, 0.1) is 12.5 Å². The largest absolute Gasteiger partial charge is 0.507 e. The first-order valence-electron chi connectivity index (χ1n) is 7.50. The van der Waals surface area contributed by atoms with Gasteiger partial charge in [-0.05, 0) is 29.8 Å². The van der Waals surface area contributed by atoms with Crippen LogP contribution in [0.5, 0.6) is 17.2 Å². The van der Waals surface area contributed by atoms with Gasteiger partial charge in [-0.15, -0.1) is 0 Å². The van der Waals surface area contributed by atoms with Crippen LogP contribution in [0.3, 0.4) is 0 Å². The zero-order valence-electron chi connectivity index (χ0n) is 12.7. The van der Waals surface area contributed by atoms with E-state index in [4.69, 9.17) is 9.47 Å². The van der Waals surface area contributed by atoms with Crippen molar-refractivity contribution in [2.45, 2.75) is 6.10 Å². The molecular weight excluding hydrogens is 288 g/mol. The lowest BCUT2D eigenvalue weighted by Gasteiger charge is -2.08. The van der Waals surface area contributed by atoms with Crippen molar-refractivity contribution in [2.75, 3.05) is 7.11 Å². The van der Waals surface area contributed by atoms with Gasteiger partial charge in [0.2, 0.25) is 0 Å². The first-order chi connectivity index (χ1) is 11.3. The summed E-state index contributed by atoms with van der Waals surface area (Å²) in [6.45, 7) is 0. The van der Waals surface area contributed by atoms with Crippen LogP contribution in [0.2, 0.25) is 0 Å². The van der Waals surface area contributed by atoms with Gasteiger partial charge in [0, 0.05) is 10.9 Å². The summed E-state index contributed by atoms with van der Waals surface area (Å²) in [6.07, 6.45) is 3.92. The Morgan fingerprint density at radius 2 is 1.83 bits per heavy atom. The van der Waals surface area contributed by atoms with Crippen molar-refractivity contribution >= 4 is 16.8 Å². The Morgan fingerprint density at radius 3 is 2.61 bits per heavy atom. The molecule has 3 aromatic rings. The molecular formula is C20H16O3. The van der Waals surface area contributed by atoms with Crippen LogP contribution in [-0.2, 0) is 0 Å². The van der Waals surface area contributed by atoms with Crippen molar-refractivity contribution in [3.63, 3.8) is 0 Å². The van der Waals surface area contributed by atoms with E-state index >= 15 is 0 Å². The number of ether oxygens (including phenoxy) is 2. The topological polar surface area (TPSA) is 38.7 Å². The number of benzene rings is 3. The number of methoxy groups -OCH3 is 1. The fourth-order valence-electron chi connectivity index (χ4n) is 3.05. The molecule has 23 heavy (non-hydrogen) atoms. The lowest BCUT2D eigenvalue weighted by molar-refractivity contribution is 0.276. The van der Waals surface area contributed by atoms with Crippen LogP contribution < -0.4 is 9.47 Å². The average molecular weight is 304 g/mol. The number of phenols is 1. The van der Waals surface area contributed by atoms with Crippen molar-refractivity contribution in [3.8, 4) is 17.2 Å². The zero-order valence-corrected chi connectivity index (χ0v) is 12.7. The third-order valence-corrected chi connectivity index (χ3v) is 4.14. The predicted octanol–water partition coefficient (Wildman–Crippen LogP) is 4.70. The average Bonchev–Trinajstić information content (AvgIpc) is 2.96. The molecule has 3 nitrogen and oxygen atoms in total. The summed E-state index contributed by atoms with van der Waals surface area (Å²) >= 11 is 0. The lowest BCUT2D eigenvalue weighted by atomic mass is 10.00. The fourth-order valence-corrected chi connectivity index (χ4v) is 3.05. The second-order valence-electron chi connectivity index (χ2n) is 5.50. The molecule has 1 aliphatic rings. The summed E-state index contributed by atoms with van der Waals surface area (Å²) in [4.78, 5) is 0. The van der Waals surface area contributed by atoms with Crippen LogP contribution in [0, 0.1) is 0 Å². The third kappa shape index (κ3) is 2.21. The number of phenolic OH excluding ortho intramolecular Hbond substituents is 1. The van der Waals surface area contributed by atoms with Gasteiger partial charge in [0.15, 0.2) is 0 Å². The van der Waals surface area contributed by atoms with Gasteiger partial charge in [-0.3, -0.25) is 0 Å². The standard InChI is InChI=1S/C20H16O3/c1-22-17-11-8-14-16(10-7-13-5-3-2-4-6-13)23-18-12-9-15(21)20(17)19(14)18/h2-12,16,21H,1H3/b10-7+/t16-/m0/s1. The minimum Gasteiger partial charge on any atom is -0.507 e. The number of hydrogen-bond donors (Lipinski definition) is 1. The Balaban J connectivity index is 1.80. The van der Waals surface area contributed by atoms with Crippen molar-refractivity contribution in [2.24, 2.45) is 0 Å². The first kappa shape index (κ1) is 13.7. The molecule has 0 saturated heterocycles. The van der Waals surface area contributed by atoms with E-state index < -0.39 is 0 Å². The van der Waals surface area contributed by atoms with Crippen molar-refractivity contribution in [1.29, 1.82) is 0 Å². The van der Waals surface area contributed by atoms with Gasteiger partial charge >= 0.3 is 0 Å². The molecule has 0 aliphatic carbocycles. The van der Waals surface area contributed by atoms with Crippen LogP contribution >= 0.6 is 0 Å². The van der Waals surface area contributed by atoms with Gasteiger partial charge in [0.1, 0.15) is 23.4 Å². The summed E-state index contributed by atoms with van der Waals surface area (Å²) in [5, 5.41) is 11.8. The zero-order chi connectivity index (χ0) is 15.8. The van der Waals surface area contributed by atoms with Crippen molar-refractivity contribution in [3.05, 3.63) is 71.8 Å². The maximum Gasteiger partial charge on any atom is 0.143 e. The van der Waals surface area contributed by atoms with E-state index in [-0.39, 0.29) is 11.9 Å². The van der Waals surface area contributed by atoms with Gasteiger partial charge in [0.25, 0.3) is 0 Å². The Labute approximate surface area is 134 Å². The summed E-state index contributed by atoms with van der Waals surface area (Å²) in [6, 6.07) is 17.4. The summed E-state index contributed by atoms with van der Waals surface area (Å²) in [5.74, 6) is 1.63. The summed E-state index contributed by atoms with van der Waals surface area (Å²) < 4.78 is 11.4. The molecule has 1 heterocycles. The van der Waals surface area contributed by atoms with E-state index in [1.807, 2.05) is 54.6 Å². The molecule has 0 radical (unpaired) electrons. The van der Waals surface area contributed by atoms with E-state index in [0.29, 0.717) is 11.1 Å². The van der Waals surface area contributed by atoms with Crippen molar-refractivity contribution < 1.29 is 14.6 Å². The smallest absolute Gasteiger partial charge is 0.143 e. The van der Waals surface area contributed by atoms with E-state index in [1.54, 1.807) is 19.2 Å². The van der Waals surface area contributed by atoms with Gasteiger partial charge < -0.3 is 14.6 Å². The Morgan fingerprint density at radius 1 is 1.00 bits per heavy atom. The van der Waals surface area contributed by atoms with Crippen LogP contribution in [0.1, 0.15) is 17.2 Å². The highest BCUT2D eigenvalue weighted by Crippen LogP contribution is 2.48. The van der Waals surface area contributed by atoms with Crippen molar-refractivity contribution in [1.82, 2.24) is 0 Å². The van der Waals surface area contributed by atoms with Crippen LogP contribution in [0.25, 0.3) is 16.8 Å². The Kier molecular flexibility index (Phi) is 3.19. The number of hydrogen-bond acceptors (Lipinski definition) is 3. The van der Waals surface area contributed by atoms with Gasteiger partial charge in [-0.2, -0.15) is 0 Å². The quantitative estimate of drug-likeness (QED) is 0.762. The number of rotatable bonds is 3. The molecule has 0 spiro atoms. The molecule has 3 heteroatoms. The molecule has 0 saturated carbocycles. The molecule has 0 unspecified atom stereocenters. The van der Waals surface area contributed by atoms with E-state index in [2.05, 4.69) is 0 Å². The minimum absolute atomic E-state index is 0.166. The second-order valence-corrected chi connectivity index (χ2v) is 5.50. The molecule has 0 aromatic heterocycles. The molecule has 114 valence electrons. The summed E-state index contributed by atoms with van der Waals surface area (Å²) in [7, 11) is 1.60. The molecule has 4 rings (SSSR count). The Hall–Kier alpha value is -2.94. The molecule has 0 amide bonds. The normalized spacial score (nSPS) is 16.0. The SMILES string of the molecule is COc1ccc2c3c(ccc(O)c13)O[C@H]2/C=C/c1ccccc1. The van der Waals surface area contributed by atoms with Crippen LogP contribution in [-0.4, -0.2) is 12.2 Å². The second kappa shape index (κ2) is 5.36. The van der Waals surface area contributed by atoms with E-state index in [1.165, 1.54) is 0 Å². The first-order valence-corrected chi connectivity index (χ1v) is 7.50. The molecule has 1 atom stereocenters. The maximum absolute atomic E-state index is 10.2. The highest BCUT2D eigenvalue weighted by atomic mass is 16.5. The monoisotopic (exact) mass is 304 g/mol. The highest BCUT2D eigenvalue weighted by molar-refractivity contribution is 6.01. The van der Waals surface area contributed by atoms with Gasteiger partial charge in [-0.1, -0.05) is 42.5 Å². The summed E-state index contributed by atoms with van der Waals surface area (Å²) in [5.41, 5.74) is 2.17. The van der Waals surface area contributed by atoms with Crippen LogP contribution in [0.15, 0.2) is 60.7 Å². The fraction of sp³-hybridized carbons (Fsp3) is 0.100. The molecule has 0 bridgehead atoms. The van der Waals surface area contributed by atoms with Gasteiger partial charge in [-0.25, -0.2) is 0 Å². The number of aromatic hydroxyl groups is 1. The lowest BCUT2D eigenvalue weighted by Crippen LogP contribution is -1.97. The Bertz CT molecular complexity index is 898. The molecule has 1 aliphatic heterocycles.